The molecule has 3 aliphatic carbocycles. The van der Waals surface area contributed by atoms with Crippen LogP contribution in [-0.4, -0.2) is 69.3 Å². The normalized spacial score (nSPS) is 39.3. The molecule has 0 aromatic carbocycles. The Hall–Kier alpha value is -2.23. The number of carbonyl (C=O) groups excluding carboxylic acids is 3. The molecule has 0 aromatic rings. The van der Waals surface area contributed by atoms with Crippen LogP contribution in [0.5, 0.6) is 0 Å². The SMILES string of the molecule is C=C1C(O)CC(OC(C)=O)C2(C)C1CC1(C(C)(C)O)CC(OC(C)=O)C(C)=C1C(O)C2OC(C)=O. The Labute approximate surface area is 206 Å². The van der Waals surface area contributed by atoms with Gasteiger partial charge >= 0.3 is 17.9 Å². The fourth-order valence-electron chi connectivity index (χ4n) is 6.78. The van der Waals surface area contributed by atoms with Crippen molar-refractivity contribution in [2.75, 3.05) is 0 Å². The third-order valence-electron chi connectivity index (χ3n) is 8.54. The molecule has 0 saturated heterocycles. The lowest BCUT2D eigenvalue weighted by Crippen LogP contribution is -2.59. The Morgan fingerprint density at radius 1 is 1.00 bits per heavy atom. The molecule has 8 unspecified atom stereocenters. The van der Waals surface area contributed by atoms with Gasteiger partial charge in [-0.05, 0) is 49.8 Å². The molecule has 9 nitrogen and oxygen atoms in total. The molecule has 3 aliphatic rings. The van der Waals surface area contributed by atoms with Crippen LogP contribution in [0.4, 0.5) is 0 Å². The second-order valence-electron chi connectivity index (χ2n) is 11.1. The van der Waals surface area contributed by atoms with Crippen LogP contribution >= 0.6 is 0 Å². The third kappa shape index (κ3) is 4.32. The Morgan fingerprint density at radius 2 is 1.54 bits per heavy atom. The first-order valence-corrected chi connectivity index (χ1v) is 12.0. The Kier molecular flexibility index (Phi) is 7.05. The van der Waals surface area contributed by atoms with Crippen LogP contribution in [0.3, 0.4) is 0 Å². The molecule has 3 N–H and O–H groups in total. The third-order valence-corrected chi connectivity index (χ3v) is 8.54. The molecule has 0 amide bonds. The smallest absolute Gasteiger partial charge is 0.303 e. The second kappa shape index (κ2) is 9.01. The molecule has 0 aromatic heterocycles. The lowest BCUT2D eigenvalue weighted by Gasteiger charge is -2.53. The molecular formula is C26H38O9. The standard InChI is InChI=1S/C26H38O9/c1-12-17-10-26(24(6,7)32)11-19(33-14(3)27)13(2)21(26)22(31)23(35-16(5)29)25(17,8)20(9-18(12)30)34-15(4)28/h17-20,22-23,30-32H,1,9-11H2,2-8H3. The van der Waals surface area contributed by atoms with Crippen molar-refractivity contribution in [3.05, 3.63) is 23.3 Å². The summed E-state index contributed by atoms with van der Waals surface area (Å²) < 4.78 is 17.0. The minimum atomic E-state index is -1.41. The molecule has 0 spiro atoms. The van der Waals surface area contributed by atoms with Gasteiger partial charge in [0.2, 0.25) is 0 Å². The van der Waals surface area contributed by atoms with E-state index in [0.29, 0.717) is 16.7 Å². The van der Waals surface area contributed by atoms with Gasteiger partial charge in [0.05, 0.1) is 17.1 Å². The van der Waals surface area contributed by atoms with Crippen molar-refractivity contribution in [2.24, 2.45) is 16.7 Å². The topological polar surface area (TPSA) is 140 Å². The van der Waals surface area contributed by atoms with Crippen molar-refractivity contribution in [3.63, 3.8) is 0 Å². The lowest BCUT2D eigenvalue weighted by molar-refractivity contribution is -0.195. The van der Waals surface area contributed by atoms with E-state index in [9.17, 15) is 29.7 Å². The van der Waals surface area contributed by atoms with Crippen molar-refractivity contribution >= 4 is 17.9 Å². The Bertz CT molecular complexity index is 960. The molecular weight excluding hydrogens is 456 g/mol. The van der Waals surface area contributed by atoms with Crippen LogP contribution in [0.1, 0.15) is 67.7 Å². The van der Waals surface area contributed by atoms with E-state index in [1.807, 2.05) is 0 Å². The molecule has 9 heteroatoms. The molecule has 196 valence electrons. The van der Waals surface area contributed by atoms with E-state index in [-0.39, 0.29) is 19.3 Å². The number of carbonyl (C=O) groups is 3. The van der Waals surface area contributed by atoms with Crippen LogP contribution in [-0.2, 0) is 28.6 Å². The number of hydrogen-bond acceptors (Lipinski definition) is 9. The van der Waals surface area contributed by atoms with E-state index < -0.39 is 70.8 Å². The van der Waals surface area contributed by atoms with Gasteiger partial charge in [-0.1, -0.05) is 13.5 Å². The van der Waals surface area contributed by atoms with Crippen molar-refractivity contribution in [1.29, 1.82) is 0 Å². The van der Waals surface area contributed by atoms with Crippen molar-refractivity contribution in [1.82, 2.24) is 0 Å². The van der Waals surface area contributed by atoms with E-state index in [1.165, 1.54) is 20.8 Å². The van der Waals surface area contributed by atoms with Gasteiger partial charge in [0.15, 0.2) is 0 Å². The monoisotopic (exact) mass is 494 g/mol. The number of rotatable bonds is 4. The summed E-state index contributed by atoms with van der Waals surface area (Å²) in [5.74, 6) is -2.34. The van der Waals surface area contributed by atoms with Gasteiger partial charge in [-0.25, -0.2) is 0 Å². The summed E-state index contributed by atoms with van der Waals surface area (Å²) >= 11 is 0. The van der Waals surface area contributed by atoms with Gasteiger partial charge < -0.3 is 29.5 Å². The first-order chi connectivity index (χ1) is 16.0. The maximum Gasteiger partial charge on any atom is 0.303 e. The summed E-state index contributed by atoms with van der Waals surface area (Å²) in [6.45, 7) is 14.7. The Balaban J connectivity index is 2.34. The predicted molar refractivity (Wildman–Crippen MR) is 125 cm³/mol. The summed E-state index contributed by atoms with van der Waals surface area (Å²) in [6.07, 6.45) is -4.78. The second-order valence-corrected chi connectivity index (χ2v) is 11.1. The number of ether oxygens (including phenoxy) is 3. The van der Waals surface area contributed by atoms with Crippen LogP contribution in [0, 0.1) is 16.7 Å². The molecule has 8 atom stereocenters. The van der Waals surface area contributed by atoms with Gasteiger partial charge in [0.25, 0.3) is 0 Å². The van der Waals surface area contributed by atoms with E-state index in [1.54, 1.807) is 27.7 Å². The van der Waals surface area contributed by atoms with E-state index in [0.717, 1.165) is 0 Å². The van der Waals surface area contributed by atoms with Crippen molar-refractivity contribution < 1.29 is 43.9 Å². The first-order valence-electron chi connectivity index (χ1n) is 12.0. The quantitative estimate of drug-likeness (QED) is 0.304. The zero-order valence-corrected chi connectivity index (χ0v) is 21.6. The van der Waals surface area contributed by atoms with Gasteiger partial charge in [0, 0.05) is 39.0 Å². The maximum atomic E-state index is 12.3. The largest absolute Gasteiger partial charge is 0.462 e. The highest BCUT2D eigenvalue weighted by Crippen LogP contribution is 2.64. The summed E-state index contributed by atoms with van der Waals surface area (Å²) in [5, 5.41) is 34.3. The molecule has 0 radical (unpaired) electrons. The number of fused-ring (bicyclic) bond motifs is 2. The Morgan fingerprint density at radius 3 is 2.03 bits per heavy atom. The molecule has 0 bridgehead atoms. The minimum absolute atomic E-state index is 0.0273. The molecule has 0 aliphatic heterocycles. The van der Waals surface area contributed by atoms with Crippen molar-refractivity contribution in [3.8, 4) is 0 Å². The average Bonchev–Trinajstić information content (AvgIpc) is 2.94. The highest BCUT2D eigenvalue weighted by molar-refractivity contribution is 5.68. The molecule has 2 saturated carbocycles. The minimum Gasteiger partial charge on any atom is -0.462 e. The first kappa shape index (κ1) is 27.4. The number of aliphatic hydroxyl groups is 3. The van der Waals surface area contributed by atoms with Gasteiger partial charge in [-0.3, -0.25) is 14.4 Å². The highest BCUT2D eigenvalue weighted by atomic mass is 16.6. The van der Waals surface area contributed by atoms with E-state index in [4.69, 9.17) is 14.2 Å². The lowest BCUT2D eigenvalue weighted by atomic mass is 9.56. The summed E-state index contributed by atoms with van der Waals surface area (Å²) in [7, 11) is 0. The fourth-order valence-corrected chi connectivity index (χ4v) is 6.78. The van der Waals surface area contributed by atoms with E-state index in [2.05, 4.69) is 6.58 Å². The number of esters is 3. The summed E-state index contributed by atoms with van der Waals surface area (Å²) in [4.78, 5) is 36.2. The van der Waals surface area contributed by atoms with E-state index >= 15 is 0 Å². The molecule has 0 heterocycles. The molecule has 35 heavy (non-hydrogen) atoms. The van der Waals surface area contributed by atoms with Crippen LogP contribution in [0.15, 0.2) is 23.3 Å². The van der Waals surface area contributed by atoms with Crippen LogP contribution < -0.4 is 0 Å². The van der Waals surface area contributed by atoms with Crippen LogP contribution in [0.25, 0.3) is 0 Å². The predicted octanol–water partition coefficient (Wildman–Crippen LogP) is 1.97. The number of hydrogen-bond donors (Lipinski definition) is 3. The van der Waals surface area contributed by atoms with Gasteiger partial charge in [-0.15, -0.1) is 0 Å². The highest BCUT2D eigenvalue weighted by Gasteiger charge is 2.68. The number of aliphatic hydroxyl groups excluding tert-OH is 2. The average molecular weight is 495 g/mol. The van der Waals surface area contributed by atoms with Gasteiger partial charge in [0.1, 0.15) is 24.4 Å². The zero-order chi connectivity index (χ0) is 26.7. The summed E-state index contributed by atoms with van der Waals surface area (Å²) in [6, 6.07) is 0. The van der Waals surface area contributed by atoms with Crippen LogP contribution in [0.2, 0.25) is 0 Å². The van der Waals surface area contributed by atoms with Gasteiger partial charge in [-0.2, -0.15) is 0 Å². The summed E-state index contributed by atoms with van der Waals surface area (Å²) in [5.41, 5.74) is -2.24. The molecule has 2 fully saturated rings. The fraction of sp³-hybridized carbons (Fsp3) is 0.731. The molecule has 3 rings (SSSR count). The van der Waals surface area contributed by atoms with Crippen molar-refractivity contribution in [2.45, 2.75) is 104 Å². The maximum absolute atomic E-state index is 12.3. The zero-order valence-electron chi connectivity index (χ0n) is 21.6.